The second-order valence-corrected chi connectivity index (χ2v) is 5.18. The maximum atomic E-state index is 13.4. The van der Waals surface area contributed by atoms with Crippen molar-refractivity contribution < 1.29 is 9.18 Å². The van der Waals surface area contributed by atoms with Crippen LogP contribution in [0.3, 0.4) is 0 Å². The first-order chi connectivity index (χ1) is 9.20. The maximum Gasteiger partial charge on any atom is 0.221 e. The van der Waals surface area contributed by atoms with E-state index >= 15 is 0 Å². The Balaban J connectivity index is 0.00000200. The predicted molar refractivity (Wildman–Crippen MR) is 80.2 cm³/mol. The van der Waals surface area contributed by atoms with E-state index in [1.807, 2.05) is 6.07 Å². The van der Waals surface area contributed by atoms with Crippen LogP contribution in [0.25, 0.3) is 0 Å². The lowest BCUT2D eigenvalue weighted by atomic mass is 9.91. The zero-order valence-corrected chi connectivity index (χ0v) is 12.3. The molecule has 3 nitrogen and oxygen atoms in total. The molecule has 0 saturated heterocycles. The van der Waals surface area contributed by atoms with Gasteiger partial charge in [0.2, 0.25) is 5.91 Å². The molecule has 1 fully saturated rings. The number of benzene rings is 1. The smallest absolute Gasteiger partial charge is 0.221 e. The molecule has 1 aliphatic rings. The fourth-order valence-corrected chi connectivity index (χ4v) is 2.84. The van der Waals surface area contributed by atoms with E-state index < -0.39 is 0 Å². The lowest BCUT2D eigenvalue weighted by molar-refractivity contribution is -0.122. The highest BCUT2D eigenvalue weighted by atomic mass is 35.5. The Morgan fingerprint density at radius 1 is 1.40 bits per heavy atom. The van der Waals surface area contributed by atoms with Crippen LogP contribution in [0.2, 0.25) is 0 Å². The fourth-order valence-electron chi connectivity index (χ4n) is 2.84. The Labute approximate surface area is 125 Å². The number of hydrogen-bond donors (Lipinski definition) is 2. The second-order valence-electron chi connectivity index (χ2n) is 5.18. The zero-order valence-electron chi connectivity index (χ0n) is 11.5. The van der Waals surface area contributed by atoms with Crippen molar-refractivity contribution in [2.75, 3.05) is 6.54 Å². The minimum Gasteiger partial charge on any atom is -0.349 e. The van der Waals surface area contributed by atoms with Crippen LogP contribution in [0.4, 0.5) is 4.39 Å². The summed E-state index contributed by atoms with van der Waals surface area (Å²) in [6.45, 7) is 0.340. The van der Waals surface area contributed by atoms with Crippen LogP contribution in [0.1, 0.15) is 43.7 Å². The van der Waals surface area contributed by atoms with Gasteiger partial charge in [0.05, 0.1) is 6.04 Å². The van der Waals surface area contributed by atoms with Crippen LogP contribution in [0.15, 0.2) is 24.3 Å². The SMILES string of the molecule is Cl.NCCC(=O)NC(c1cccc(F)c1)C1CCCC1. The van der Waals surface area contributed by atoms with Crippen LogP contribution >= 0.6 is 12.4 Å². The first-order valence-electron chi connectivity index (χ1n) is 6.95. The minimum atomic E-state index is -0.256. The van der Waals surface area contributed by atoms with Crippen molar-refractivity contribution in [3.8, 4) is 0 Å². The van der Waals surface area contributed by atoms with Crippen molar-refractivity contribution in [2.45, 2.75) is 38.1 Å². The summed E-state index contributed by atoms with van der Waals surface area (Å²) in [4.78, 5) is 11.8. The van der Waals surface area contributed by atoms with Crippen molar-refractivity contribution in [3.05, 3.63) is 35.6 Å². The van der Waals surface area contributed by atoms with Crippen LogP contribution < -0.4 is 11.1 Å². The van der Waals surface area contributed by atoms with E-state index in [2.05, 4.69) is 5.32 Å². The molecule has 20 heavy (non-hydrogen) atoms. The molecular formula is C15H22ClFN2O. The summed E-state index contributed by atoms with van der Waals surface area (Å²) in [6, 6.07) is 6.44. The first-order valence-corrected chi connectivity index (χ1v) is 6.95. The molecule has 0 aromatic heterocycles. The summed E-state index contributed by atoms with van der Waals surface area (Å²) < 4.78 is 13.4. The van der Waals surface area contributed by atoms with Crippen molar-refractivity contribution in [2.24, 2.45) is 11.7 Å². The normalized spacial score (nSPS) is 16.5. The molecule has 2 rings (SSSR count). The van der Waals surface area contributed by atoms with E-state index in [9.17, 15) is 9.18 Å². The van der Waals surface area contributed by atoms with Gasteiger partial charge in [-0.25, -0.2) is 4.39 Å². The number of carbonyl (C=O) groups excluding carboxylic acids is 1. The van der Waals surface area contributed by atoms with E-state index in [-0.39, 0.29) is 30.2 Å². The van der Waals surface area contributed by atoms with E-state index in [1.54, 1.807) is 6.07 Å². The molecule has 1 saturated carbocycles. The summed E-state index contributed by atoms with van der Waals surface area (Å²) >= 11 is 0. The Kier molecular flexibility index (Phi) is 6.96. The largest absolute Gasteiger partial charge is 0.349 e. The van der Waals surface area contributed by atoms with Gasteiger partial charge in [-0.05, 0) is 36.5 Å². The molecule has 3 N–H and O–H groups in total. The van der Waals surface area contributed by atoms with Crippen molar-refractivity contribution >= 4 is 18.3 Å². The van der Waals surface area contributed by atoms with Gasteiger partial charge in [0, 0.05) is 13.0 Å². The number of carbonyl (C=O) groups is 1. The second kappa shape index (κ2) is 8.22. The van der Waals surface area contributed by atoms with Crippen LogP contribution in [0, 0.1) is 11.7 Å². The lowest BCUT2D eigenvalue weighted by Crippen LogP contribution is -2.33. The van der Waals surface area contributed by atoms with Crippen LogP contribution in [0.5, 0.6) is 0 Å². The average Bonchev–Trinajstić information content (AvgIpc) is 2.90. The molecule has 1 amide bonds. The third kappa shape index (κ3) is 4.46. The minimum absolute atomic E-state index is 0. The van der Waals surface area contributed by atoms with Crippen molar-refractivity contribution in [1.82, 2.24) is 5.32 Å². The van der Waals surface area contributed by atoms with E-state index in [0.29, 0.717) is 18.9 Å². The van der Waals surface area contributed by atoms with Gasteiger partial charge in [-0.1, -0.05) is 25.0 Å². The summed E-state index contributed by atoms with van der Waals surface area (Å²) in [5.41, 5.74) is 6.26. The molecule has 0 radical (unpaired) electrons. The number of hydrogen-bond acceptors (Lipinski definition) is 2. The van der Waals surface area contributed by atoms with Gasteiger partial charge >= 0.3 is 0 Å². The molecular weight excluding hydrogens is 279 g/mol. The molecule has 0 bridgehead atoms. The molecule has 1 atom stereocenters. The molecule has 0 aliphatic heterocycles. The third-order valence-electron chi connectivity index (χ3n) is 3.77. The van der Waals surface area contributed by atoms with Crippen LogP contribution in [-0.2, 0) is 4.79 Å². The summed E-state index contributed by atoms with van der Waals surface area (Å²) in [5.74, 6) is 0.0979. The number of rotatable bonds is 5. The highest BCUT2D eigenvalue weighted by Crippen LogP contribution is 2.35. The van der Waals surface area contributed by atoms with Gasteiger partial charge in [0.25, 0.3) is 0 Å². The van der Waals surface area contributed by atoms with E-state index in [0.717, 1.165) is 18.4 Å². The van der Waals surface area contributed by atoms with Gasteiger partial charge in [-0.3, -0.25) is 4.79 Å². The molecule has 1 aromatic carbocycles. The third-order valence-corrected chi connectivity index (χ3v) is 3.77. The van der Waals surface area contributed by atoms with Gasteiger partial charge < -0.3 is 11.1 Å². The quantitative estimate of drug-likeness (QED) is 0.878. The Bertz CT molecular complexity index is 436. The topological polar surface area (TPSA) is 55.1 Å². The van der Waals surface area contributed by atoms with Gasteiger partial charge in [-0.15, -0.1) is 12.4 Å². The Hall–Kier alpha value is -1.13. The fraction of sp³-hybridized carbons (Fsp3) is 0.533. The molecule has 1 aliphatic carbocycles. The molecule has 5 heteroatoms. The van der Waals surface area contributed by atoms with E-state index in [1.165, 1.54) is 25.0 Å². The zero-order chi connectivity index (χ0) is 13.7. The standard InChI is InChI=1S/C15H21FN2O.ClH/c16-13-7-3-6-12(10-13)15(11-4-1-2-5-11)18-14(19)8-9-17;/h3,6-7,10-11,15H,1-2,4-5,8-9,17H2,(H,18,19);1H. The number of nitrogens with two attached hydrogens (primary N) is 1. The Morgan fingerprint density at radius 3 is 2.70 bits per heavy atom. The molecule has 1 aromatic rings. The number of nitrogens with one attached hydrogen (secondary N) is 1. The van der Waals surface area contributed by atoms with E-state index in [4.69, 9.17) is 5.73 Å². The summed E-state index contributed by atoms with van der Waals surface area (Å²) in [5, 5.41) is 3.02. The summed E-state index contributed by atoms with van der Waals surface area (Å²) in [7, 11) is 0. The molecule has 1 unspecified atom stereocenters. The van der Waals surface area contributed by atoms with Gasteiger partial charge in [-0.2, -0.15) is 0 Å². The molecule has 112 valence electrons. The highest BCUT2D eigenvalue weighted by molar-refractivity contribution is 5.85. The average molecular weight is 301 g/mol. The number of halogens is 2. The summed E-state index contributed by atoms with van der Waals surface area (Å²) in [6.07, 6.45) is 4.86. The first kappa shape index (κ1) is 16.9. The molecule has 0 spiro atoms. The van der Waals surface area contributed by atoms with Crippen LogP contribution in [-0.4, -0.2) is 12.5 Å². The van der Waals surface area contributed by atoms with Gasteiger partial charge in [0.15, 0.2) is 0 Å². The highest BCUT2D eigenvalue weighted by Gasteiger charge is 2.27. The molecule has 0 heterocycles. The predicted octanol–water partition coefficient (Wildman–Crippen LogP) is 2.94. The van der Waals surface area contributed by atoms with Crippen molar-refractivity contribution in [1.29, 1.82) is 0 Å². The van der Waals surface area contributed by atoms with Crippen molar-refractivity contribution in [3.63, 3.8) is 0 Å². The Morgan fingerprint density at radius 2 is 2.10 bits per heavy atom. The van der Waals surface area contributed by atoms with Gasteiger partial charge in [0.1, 0.15) is 5.82 Å². The number of amides is 1. The lowest BCUT2D eigenvalue weighted by Gasteiger charge is -2.25. The maximum absolute atomic E-state index is 13.4. The monoisotopic (exact) mass is 300 g/mol.